The molecule has 0 saturated carbocycles. The van der Waals surface area contributed by atoms with Crippen molar-refractivity contribution >= 4 is 27.5 Å². The van der Waals surface area contributed by atoms with Gasteiger partial charge in [-0.05, 0) is 15.9 Å². The van der Waals surface area contributed by atoms with Crippen molar-refractivity contribution in [3.63, 3.8) is 0 Å². The number of halogens is 1. The number of hydrogen-bond acceptors (Lipinski definition) is 4. The van der Waals surface area contributed by atoms with Gasteiger partial charge in [0.25, 0.3) is 0 Å². The number of aromatic nitrogens is 4. The quantitative estimate of drug-likeness (QED) is 0.792. The average molecular weight is 243 g/mol. The van der Waals surface area contributed by atoms with E-state index in [0.717, 1.165) is 0 Å². The van der Waals surface area contributed by atoms with Crippen molar-refractivity contribution in [2.24, 2.45) is 0 Å². The molecule has 2 heterocycles. The molecule has 2 aromatic heterocycles. The highest BCUT2D eigenvalue weighted by molar-refractivity contribution is 9.10. The minimum absolute atomic E-state index is 0.0584. The lowest BCUT2D eigenvalue weighted by Gasteiger charge is -1.93. The highest BCUT2D eigenvalue weighted by Gasteiger charge is 2.13. The Morgan fingerprint density at radius 1 is 1.54 bits per heavy atom. The fourth-order valence-corrected chi connectivity index (χ4v) is 1.29. The smallest absolute Gasteiger partial charge is 0.341 e. The average Bonchev–Trinajstić information content (AvgIpc) is 2.48. The molecule has 2 rings (SSSR count). The van der Waals surface area contributed by atoms with Gasteiger partial charge in [-0.25, -0.2) is 14.8 Å². The summed E-state index contributed by atoms with van der Waals surface area (Å²) in [6.07, 6.45) is 2.50. The summed E-state index contributed by atoms with van der Waals surface area (Å²) in [7, 11) is 0. The zero-order valence-corrected chi connectivity index (χ0v) is 7.76. The molecule has 6 nitrogen and oxygen atoms in total. The molecule has 0 spiro atoms. The molecule has 0 bridgehead atoms. The summed E-state index contributed by atoms with van der Waals surface area (Å²) >= 11 is 3.12. The second-order valence-corrected chi connectivity index (χ2v) is 2.95. The van der Waals surface area contributed by atoms with Crippen molar-refractivity contribution in [2.45, 2.75) is 0 Å². The maximum absolute atomic E-state index is 10.7. The molecule has 13 heavy (non-hydrogen) atoms. The minimum atomic E-state index is -1.06. The van der Waals surface area contributed by atoms with E-state index in [0.29, 0.717) is 4.73 Å². The zero-order chi connectivity index (χ0) is 9.42. The number of hydrogen-bond donors (Lipinski definition) is 1. The van der Waals surface area contributed by atoms with Crippen molar-refractivity contribution in [1.82, 2.24) is 19.6 Å². The van der Waals surface area contributed by atoms with Gasteiger partial charge >= 0.3 is 5.97 Å². The predicted octanol–water partition coefficient (Wildman–Crippen LogP) is 0.585. The molecule has 1 N–H and O–H groups in total. The van der Waals surface area contributed by atoms with Gasteiger partial charge in [0.15, 0.2) is 5.65 Å². The normalized spacial score (nSPS) is 10.5. The molecule has 0 aromatic carbocycles. The van der Waals surface area contributed by atoms with E-state index in [2.05, 4.69) is 31.0 Å². The third kappa shape index (κ3) is 1.17. The van der Waals surface area contributed by atoms with Crippen LogP contribution in [0.2, 0.25) is 0 Å². The third-order valence-electron chi connectivity index (χ3n) is 1.49. The third-order valence-corrected chi connectivity index (χ3v) is 2.03. The van der Waals surface area contributed by atoms with Gasteiger partial charge in [-0.15, -0.1) is 0 Å². The topological polar surface area (TPSA) is 80.4 Å². The maximum Gasteiger partial charge on any atom is 0.341 e. The molecule has 0 atom stereocenters. The van der Waals surface area contributed by atoms with E-state index in [9.17, 15) is 4.79 Å². The zero-order valence-electron chi connectivity index (χ0n) is 6.18. The Balaban J connectivity index is 2.83. The van der Waals surface area contributed by atoms with Crippen LogP contribution in [0.1, 0.15) is 10.4 Å². The van der Waals surface area contributed by atoms with Crippen LogP contribution in [0.5, 0.6) is 0 Å². The highest BCUT2D eigenvalue weighted by atomic mass is 79.9. The van der Waals surface area contributed by atoms with Crippen molar-refractivity contribution in [1.29, 1.82) is 0 Å². The predicted molar refractivity (Wildman–Crippen MR) is 45.4 cm³/mol. The van der Waals surface area contributed by atoms with Crippen molar-refractivity contribution in [3.8, 4) is 0 Å². The SMILES string of the molecule is O=C(O)c1cnn2c(Br)ncnc12. The number of fused-ring (bicyclic) bond motifs is 1. The van der Waals surface area contributed by atoms with Crippen LogP contribution in [0.25, 0.3) is 5.65 Å². The molecule has 0 aliphatic heterocycles. The van der Waals surface area contributed by atoms with E-state index < -0.39 is 5.97 Å². The molecule has 0 radical (unpaired) electrons. The molecule has 0 aliphatic rings. The van der Waals surface area contributed by atoms with Crippen LogP contribution in [0.15, 0.2) is 17.3 Å². The summed E-state index contributed by atoms with van der Waals surface area (Å²) in [5.41, 5.74) is 0.331. The van der Waals surface area contributed by atoms with Gasteiger partial charge in [-0.3, -0.25) is 0 Å². The van der Waals surface area contributed by atoms with Crippen LogP contribution < -0.4 is 0 Å². The Morgan fingerprint density at radius 3 is 3.00 bits per heavy atom. The Hall–Kier alpha value is -1.50. The Labute approximate surface area is 80.4 Å². The number of nitrogens with zero attached hydrogens (tertiary/aromatic N) is 4. The first-order valence-corrected chi connectivity index (χ1v) is 4.07. The number of carbonyl (C=O) groups is 1. The van der Waals surface area contributed by atoms with E-state index >= 15 is 0 Å². The fraction of sp³-hybridized carbons (Fsp3) is 0. The Kier molecular flexibility index (Phi) is 1.73. The molecule has 2 aromatic rings. The molecular formula is C6H3BrN4O2. The number of carboxylic acids is 1. The van der Waals surface area contributed by atoms with E-state index in [1.165, 1.54) is 17.0 Å². The second-order valence-electron chi connectivity index (χ2n) is 2.24. The highest BCUT2D eigenvalue weighted by Crippen LogP contribution is 2.11. The number of aromatic carboxylic acids is 1. The summed E-state index contributed by atoms with van der Waals surface area (Å²) in [5, 5.41) is 12.5. The summed E-state index contributed by atoms with van der Waals surface area (Å²) in [6.45, 7) is 0. The van der Waals surface area contributed by atoms with Gasteiger partial charge < -0.3 is 5.11 Å². The van der Waals surface area contributed by atoms with Gasteiger partial charge in [0.2, 0.25) is 4.73 Å². The maximum atomic E-state index is 10.7. The Bertz CT molecular complexity index is 480. The van der Waals surface area contributed by atoms with Crippen LogP contribution >= 0.6 is 15.9 Å². The number of carboxylic acid groups (broad SMARTS) is 1. The minimum Gasteiger partial charge on any atom is -0.477 e. The van der Waals surface area contributed by atoms with Gasteiger partial charge in [0.05, 0.1) is 6.20 Å². The largest absolute Gasteiger partial charge is 0.477 e. The van der Waals surface area contributed by atoms with Gasteiger partial charge in [0.1, 0.15) is 11.9 Å². The Morgan fingerprint density at radius 2 is 2.31 bits per heavy atom. The van der Waals surface area contributed by atoms with Crippen molar-refractivity contribution < 1.29 is 9.90 Å². The first-order chi connectivity index (χ1) is 6.20. The first-order valence-electron chi connectivity index (χ1n) is 3.27. The van der Waals surface area contributed by atoms with Crippen molar-refractivity contribution in [3.05, 3.63) is 22.8 Å². The van der Waals surface area contributed by atoms with Crippen molar-refractivity contribution in [2.75, 3.05) is 0 Å². The van der Waals surface area contributed by atoms with E-state index in [-0.39, 0.29) is 11.2 Å². The fourth-order valence-electron chi connectivity index (χ4n) is 0.938. The number of rotatable bonds is 1. The van der Waals surface area contributed by atoms with Crippen LogP contribution in [0.4, 0.5) is 0 Å². The van der Waals surface area contributed by atoms with E-state index in [1.54, 1.807) is 0 Å². The summed E-state index contributed by atoms with van der Waals surface area (Å²) in [6, 6.07) is 0. The van der Waals surface area contributed by atoms with Crippen LogP contribution in [-0.2, 0) is 0 Å². The lowest BCUT2D eigenvalue weighted by atomic mass is 10.3. The molecular weight excluding hydrogens is 240 g/mol. The van der Waals surface area contributed by atoms with Crippen LogP contribution in [-0.4, -0.2) is 30.7 Å². The van der Waals surface area contributed by atoms with E-state index in [1.807, 2.05) is 0 Å². The van der Waals surface area contributed by atoms with E-state index in [4.69, 9.17) is 5.11 Å². The molecule has 0 amide bonds. The molecule has 0 fully saturated rings. The second kappa shape index (κ2) is 2.77. The van der Waals surface area contributed by atoms with Gasteiger partial charge in [-0.1, -0.05) is 0 Å². The van der Waals surface area contributed by atoms with Gasteiger partial charge in [-0.2, -0.15) is 9.61 Å². The van der Waals surface area contributed by atoms with Crippen LogP contribution in [0, 0.1) is 0 Å². The molecule has 0 saturated heterocycles. The lowest BCUT2D eigenvalue weighted by molar-refractivity contribution is 0.0699. The molecule has 0 unspecified atom stereocenters. The monoisotopic (exact) mass is 242 g/mol. The molecule has 0 aliphatic carbocycles. The molecule has 7 heteroatoms. The summed E-state index contributed by atoms with van der Waals surface area (Å²) in [4.78, 5) is 18.3. The first kappa shape index (κ1) is 8.11. The summed E-state index contributed by atoms with van der Waals surface area (Å²) in [5.74, 6) is -1.06. The lowest BCUT2D eigenvalue weighted by Crippen LogP contribution is -1.99. The van der Waals surface area contributed by atoms with Gasteiger partial charge in [0, 0.05) is 0 Å². The standard InChI is InChI=1S/C6H3BrN4O2/c7-6-9-2-8-4-3(5(12)13)1-10-11(4)6/h1-2H,(H,12,13). The molecule has 66 valence electrons. The van der Waals surface area contributed by atoms with Crippen LogP contribution in [0.3, 0.4) is 0 Å². The summed E-state index contributed by atoms with van der Waals surface area (Å²) < 4.78 is 1.73.